The first-order valence-electron chi connectivity index (χ1n) is 7.18. The first kappa shape index (κ1) is 13.6. The van der Waals surface area contributed by atoms with Gasteiger partial charge in [-0.3, -0.25) is 4.90 Å². The molecule has 1 N–H and O–H groups in total. The fourth-order valence-corrected chi connectivity index (χ4v) is 2.83. The highest BCUT2D eigenvalue weighted by Gasteiger charge is 2.20. The minimum absolute atomic E-state index is 0.591. The highest BCUT2D eigenvalue weighted by molar-refractivity contribution is 5.25. The second kappa shape index (κ2) is 6.35. The first-order valence-corrected chi connectivity index (χ1v) is 7.18. The number of nitrogens with zero attached hydrogens (tertiary/aromatic N) is 1. The molecule has 1 aliphatic heterocycles. The molecule has 1 aromatic carbocycles. The van der Waals surface area contributed by atoms with E-state index in [2.05, 4.69) is 55.3 Å². The minimum Gasteiger partial charge on any atom is -0.311 e. The Morgan fingerprint density at radius 1 is 1.33 bits per heavy atom. The summed E-state index contributed by atoms with van der Waals surface area (Å²) in [6.45, 7) is 10.2. The SMILES string of the molecule is Cc1ccccc1CN1CCCC(NC(C)C)C1. The molecule has 1 aromatic rings. The highest BCUT2D eigenvalue weighted by Crippen LogP contribution is 2.16. The van der Waals surface area contributed by atoms with Gasteiger partial charge >= 0.3 is 0 Å². The number of likely N-dealkylation sites (tertiary alicyclic amines) is 1. The monoisotopic (exact) mass is 246 g/mol. The van der Waals surface area contributed by atoms with Gasteiger partial charge in [-0.15, -0.1) is 0 Å². The summed E-state index contributed by atoms with van der Waals surface area (Å²) >= 11 is 0. The van der Waals surface area contributed by atoms with Gasteiger partial charge in [0.15, 0.2) is 0 Å². The van der Waals surface area contributed by atoms with E-state index in [-0.39, 0.29) is 0 Å². The maximum absolute atomic E-state index is 3.67. The normalized spacial score (nSPS) is 21.4. The van der Waals surface area contributed by atoms with Gasteiger partial charge in [0.2, 0.25) is 0 Å². The van der Waals surface area contributed by atoms with Crippen LogP contribution in [0, 0.1) is 6.92 Å². The Bertz CT molecular complexity index is 373. The topological polar surface area (TPSA) is 15.3 Å². The summed E-state index contributed by atoms with van der Waals surface area (Å²) in [4.78, 5) is 2.59. The van der Waals surface area contributed by atoms with Crippen LogP contribution in [-0.2, 0) is 6.54 Å². The van der Waals surface area contributed by atoms with Crippen LogP contribution in [-0.4, -0.2) is 30.1 Å². The maximum atomic E-state index is 3.67. The van der Waals surface area contributed by atoms with Crippen LogP contribution in [0.2, 0.25) is 0 Å². The first-order chi connectivity index (χ1) is 8.65. The fraction of sp³-hybridized carbons (Fsp3) is 0.625. The number of aryl methyl sites for hydroxylation is 1. The van der Waals surface area contributed by atoms with E-state index in [0.717, 1.165) is 6.54 Å². The molecular formula is C16H26N2. The highest BCUT2D eigenvalue weighted by atomic mass is 15.2. The Labute approximate surface area is 111 Å². The summed E-state index contributed by atoms with van der Waals surface area (Å²) in [6.07, 6.45) is 2.64. The van der Waals surface area contributed by atoms with E-state index in [9.17, 15) is 0 Å². The standard InChI is InChI=1S/C16H26N2/c1-13(2)17-16-9-6-10-18(12-16)11-15-8-5-4-7-14(15)3/h4-5,7-8,13,16-17H,6,9-12H2,1-3H3. The lowest BCUT2D eigenvalue weighted by molar-refractivity contribution is 0.178. The average Bonchev–Trinajstić information content (AvgIpc) is 2.32. The molecule has 0 amide bonds. The predicted octanol–water partition coefficient (Wildman–Crippen LogP) is 2.96. The van der Waals surface area contributed by atoms with Crippen molar-refractivity contribution in [3.05, 3.63) is 35.4 Å². The summed E-state index contributed by atoms with van der Waals surface area (Å²) in [5.74, 6) is 0. The zero-order valence-electron chi connectivity index (χ0n) is 11.9. The third kappa shape index (κ3) is 3.82. The van der Waals surface area contributed by atoms with E-state index in [4.69, 9.17) is 0 Å². The Hall–Kier alpha value is -0.860. The molecule has 1 fully saturated rings. The molecule has 2 heteroatoms. The van der Waals surface area contributed by atoms with Gasteiger partial charge < -0.3 is 5.32 Å². The molecule has 1 heterocycles. The largest absolute Gasteiger partial charge is 0.311 e. The molecule has 0 aliphatic carbocycles. The molecular weight excluding hydrogens is 220 g/mol. The third-order valence-electron chi connectivity index (χ3n) is 3.73. The molecule has 0 radical (unpaired) electrons. The summed E-state index contributed by atoms with van der Waals surface area (Å²) < 4.78 is 0. The van der Waals surface area contributed by atoms with Gasteiger partial charge in [0.1, 0.15) is 0 Å². The van der Waals surface area contributed by atoms with Crippen molar-refractivity contribution in [1.29, 1.82) is 0 Å². The molecule has 100 valence electrons. The fourth-order valence-electron chi connectivity index (χ4n) is 2.83. The molecule has 1 atom stereocenters. The third-order valence-corrected chi connectivity index (χ3v) is 3.73. The smallest absolute Gasteiger partial charge is 0.0237 e. The van der Waals surface area contributed by atoms with Crippen LogP contribution in [0.15, 0.2) is 24.3 Å². The Balaban J connectivity index is 1.91. The maximum Gasteiger partial charge on any atom is 0.0237 e. The van der Waals surface area contributed by atoms with Gasteiger partial charge in [0, 0.05) is 25.2 Å². The van der Waals surface area contributed by atoms with Crippen molar-refractivity contribution in [2.24, 2.45) is 0 Å². The Kier molecular flexibility index (Phi) is 4.79. The number of hydrogen-bond donors (Lipinski definition) is 1. The quantitative estimate of drug-likeness (QED) is 0.878. The molecule has 1 aliphatic rings. The van der Waals surface area contributed by atoms with Crippen molar-refractivity contribution in [1.82, 2.24) is 10.2 Å². The van der Waals surface area contributed by atoms with Crippen molar-refractivity contribution >= 4 is 0 Å². The Morgan fingerprint density at radius 3 is 2.83 bits per heavy atom. The second-order valence-corrected chi connectivity index (χ2v) is 5.82. The van der Waals surface area contributed by atoms with Crippen molar-refractivity contribution < 1.29 is 0 Å². The van der Waals surface area contributed by atoms with E-state index in [1.165, 1.54) is 37.1 Å². The average molecular weight is 246 g/mol. The van der Waals surface area contributed by atoms with E-state index in [1.807, 2.05) is 0 Å². The van der Waals surface area contributed by atoms with Gasteiger partial charge in [-0.25, -0.2) is 0 Å². The van der Waals surface area contributed by atoms with E-state index >= 15 is 0 Å². The van der Waals surface area contributed by atoms with Crippen molar-refractivity contribution in [3.8, 4) is 0 Å². The van der Waals surface area contributed by atoms with E-state index < -0.39 is 0 Å². The van der Waals surface area contributed by atoms with Gasteiger partial charge in [-0.2, -0.15) is 0 Å². The number of rotatable bonds is 4. The van der Waals surface area contributed by atoms with Crippen molar-refractivity contribution in [2.75, 3.05) is 13.1 Å². The number of hydrogen-bond acceptors (Lipinski definition) is 2. The molecule has 0 bridgehead atoms. The van der Waals surface area contributed by atoms with Crippen LogP contribution in [0.3, 0.4) is 0 Å². The van der Waals surface area contributed by atoms with Gasteiger partial charge in [-0.1, -0.05) is 38.1 Å². The number of piperidine rings is 1. The molecule has 2 rings (SSSR count). The zero-order chi connectivity index (χ0) is 13.0. The van der Waals surface area contributed by atoms with E-state index in [0.29, 0.717) is 12.1 Å². The lowest BCUT2D eigenvalue weighted by Gasteiger charge is -2.34. The summed E-state index contributed by atoms with van der Waals surface area (Å²) in [6, 6.07) is 10.0. The van der Waals surface area contributed by atoms with Crippen LogP contribution < -0.4 is 5.32 Å². The van der Waals surface area contributed by atoms with Crippen LogP contribution >= 0.6 is 0 Å². The van der Waals surface area contributed by atoms with Crippen LogP contribution in [0.1, 0.15) is 37.8 Å². The minimum atomic E-state index is 0.591. The molecule has 2 nitrogen and oxygen atoms in total. The molecule has 1 saturated heterocycles. The predicted molar refractivity (Wildman–Crippen MR) is 77.7 cm³/mol. The van der Waals surface area contributed by atoms with Gasteiger partial charge in [0.25, 0.3) is 0 Å². The summed E-state index contributed by atoms with van der Waals surface area (Å²) in [7, 11) is 0. The van der Waals surface area contributed by atoms with Gasteiger partial charge in [0.05, 0.1) is 0 Å². The summed E-state index contributed by atoms with van der Waals surface area (Å²) in [5.41, 5.74) is 2.89. The molecule has 18 heavy (non-hydrogen) atoms. The molecule has 0 aromatic heterocycles. The zero-order valence-corrected chi connectivity index (χ0v) is 11.9. The number of nitrogens with one attached hydrogen (secondary N) is 1. The van der Waals surface area contributed by atoms with Crippen LogP contribution in [0.25, 0.3) is 0 Å². The lowest BCUT2D eigenvalue weighted by Crippen LogP contribution is -2.47. The number of benzene rings is 1. The Morgan fingerprint density at radius 2 is 2.11 bits per heavy atom. The second-order valence-electron chi connectivity index (χ2n) is 5.82. The molecule has 0 spiro atoms. The summed E-state index contributed by atoms with van der Waals surface area (Å²) in [5, 5.41) is 3.67. The molecule has 0 saturated carbocycles. The van der Waals surface area contributed by atoms with Gasteiger partial charge in [-0.05, 0) is 37.4 Å². The lowest BCUT2D eigenvalue weighted by atomic mass is 10.0. The van der Waals surface area contributed by atoms with E-state index in [1.54, 1.807) is 0 Å². The van der Waals surface area contributed by atoms with Crippen LogP contribution in [0.5, 0.6) is 0 Å². The molecule has 1 unspecified atom stereocenters. The van der Waals surface area contributed by atoms with Crippen molar-refractivity contribution in [3.63, 3.8) is 0 Å². The van der Waals surface area contributed by atoms with Crippen LogP contribution in [0.4, 0.5) is 0 Å². The van der Waals surface area contributed by atoms with Crippen molar-refractivity contribution in [2.45, 2.75) is 52.2 Å².